The number of hydrogen-bond acceptors (Lipinski definition) is 5. The third-order valence-electron chi connectivity index (χ3n) is 4.18. The Morgan fingerprint density at radius 3 is 2.60 bits per heavy atom. The summed E-state index contributed by atoms with van der Waals surface area (Å²) in [6.45, 7) is 0. The molecule has 6 nitrogen and oxygen atoms in total. The van der Waals surface area contributed by atoms with E-state index >= 15 is 0 Å². The number of hydrogen-bond donors (Lipinski definition) is 2. The van der Waals surface area contributed by atoms with E-state index in [0.29, 0.717) is 23.9 Å². The van der Waals surface area contributed by atoms with Crippen LogP contribution in [-0.4, -0.2) is 30.2 Å². The molecule has 3 rings (SSSR count). The quantitative estimate of drug-likeness (QED) is 0.652. The molecule has 1 aromatic carbocycles. The summed E-state index contributed by atoms with van der Waals surface area (Å²) < 4.78 is 5.13. The maximum Gasteiger partial charge on any atom is 0.275 e. The van der Waals surface area contributed by atoms with Gasteiger partial charge in [-0.25, -0.2) is 0 Å². The summed E-state index contributed by atoms with van der Waals surface area (Å²) in [5.74, 6) is 0.513. The Hall–Kier alpha value is -1.82. The Morgan fingerprint density at radius 2 is 2.00 bits per heavy atom. The van der Waals surface area contributed by atoms with Gasteiger partial charge in [0.25, 0.3) is 5.69 Å². The van der Waals surface area contributed by atoms with Crippen molar-refractivity contribution in [1.29, 1.82) is 0 Å². The van der Waals surface area contributed by atoms with E-state index in [-0.39, 0.29) is 10.6 Å². The summed E-state index contributed by atoms with van der Waals surface area (Å²) in [5, 5.41) is 18.0. The van der Waals surface area contributed by atoms with Crippen LogP contribution in [0.15, 0.2) is 18.2 Å². The number of rotatable bonds is 4. The molecule has 0 spiro atoms. The first-order valence-corrected chi connectivity index (χ1v) is 7.00. The predicted molar refractivity (Wildman–Crippen MR) is 76.2 cm³/mol. The minimum absolute atomic E-state index is 0.0590. The molecule has 2 fully saturated rings. The average Bonchev–Trinajstić information content (AvgIpc) is 2.77. The van der Waals surface area contributed by atoms with Crippen LogP contribution in [0.5, 0.6) is 5.75 Å². The van der Waals surface area contributed by atoms with Gasteiger partial charge in [0.1, 0.15) is 5.75 Å². The predicted octanol–water partition coefficient (Wildman–Crippen LogP) is 2.30. The molecule has 0 amide bonds. The summed E-state index contributed by atoms with van der Waals surface area (Å²) in [7, 11) is 1.52. The Labute approximate surface area is 117 Å². The van der Waals surface area contributed by atoms with E-state index < -0.39 is 0 Å². The van der Waals surface area contributed by atoms with Gasteiger partial charge in [-0.1, -0.05) is 0 Å². The second-order valence-corrected chi connectivity index (χ2v) is 5.63. The molecule has 20 heavy (non-hydrogen) atoms. The van der Waals surface area contributed by atoms with Crippen LogP contribution in [0.25, 0.3) is 0 Å². The van der Waals surface area contributed by atoms with Crippen LogP contribution < -0.4 is 15.4 Å². The fourth-order valence-electron chi connectivity index (χ4n) is 3.30. The van der Waals surface area contributed by atoms with Crippen LogP contribution in [0.1, 0.15) is 25.7 Å². The lowest BCUT2D eigenvalue weighted by Gasteiger charge is -2.30. The molecule has 0 aromatic heterocycles. The van der Waals surface area contributed by atoms with Crippen molar-refractivity contribution in [3.63, 3.8) is 0 Å². The Balaban J connectivity index is 1.76. The Bertz CT molecular complexity index is 508. The highest BCUT2D eigenvalue weighted by atomic mass is 16.6. The fourth-order valence-corrected chi connectivity index (χ4v) is 3.30. The zero-order valence-electron chi connectivity index (χ0n) is 11.5. The molecule has 2 atom stereocenters. The van der Waals surface area contributed by atoms with Gasteiger partial charge in [-0.05, 0) is 25.7 Å². The van der Waals surface area contributed by atoms with Crippen molar-refractivity contribution in [3.05, 3.63) is 28.3 Å². The number of nitro benzene ring substituents is 1. The third kappa shape index (κ3) is 2.70. The van der Waals surface area contributed by atoms with Crippen molar-refractivity contribution in [2.24, 2.45) is 0 Å². The van der Waals surface area contributed by atoms with Gasteiger partial charge >= 0.3 is 0 Å². The number of non-ortho nitro benzene ring substituents is 1. The van der Waals surface area contributed by atoms with E-state index in [1.54, 1.807) is 6.07 Å². The standard InChI is InChI=1S/C14H19N3O3/c1-20-14-7-12(6-13(8-14)17(18)19)16-11-4-9-2-3-10(5-11)15-9/h6-11,15-16H,2-5H2,1H3. The number of ether oxygens (including phenoxy) is 1. The minimum Gasteiger partial charge on any atom is -0.496 e. The number of nitrogens with zero attached hydrogens (tertiary/aromatic N) is 1. The van der Waals surface area contributed by atoms with E-state index in [4.69, 9.17) is 4.74 Å². The highest BCUT2D eigenvalue weighted by Gasteiger charge is 2.33. The van der Waals surface area contributed by atoms with E-state index in [1.165, 1.54) is 26.0 Å². The van der Waals surface area contributed by atoms with Crippen molar-refractivity contribution in [2.75, 3.05) is 12.4 Å². The van der Waals surface area contributed by atoms with Gasteiger partial charge in [-0.2, -0.15) is 0 Å². The molecule has 1 aromatic rings. The highest BCUT2D eigenvalue weighted by Crippen LogP contribution is 2.31. The SMILES string of the molecule is COc1cc(NC2CC3CCC(C2)N3)cc([N+](=O)[O-])c1. The number of methoxy groups -OCH3 is 1. The van der Waals surface area contributed by atoms with Crippen LogP contribution in [0.4, 0.5) is 11.4 Å². The van der Waals surface area contributed by atoms with Gasteiger partial charge in [0.05, 0.1) is 18.1 Å². The lowest BCUT2D eigenvalue weighted by molar-refractivity contribution is -0.384. The normalized spacial score (nSPS) is 28.1. The fraction of sp³-hybridized carbons (Fsp3) is 0.571. The molecular formula is C14H19N3O3. The third-order valence-corrected chi connectivity index (χ3v) is 4.18. The zero-order valence-corrected chi connectivity index (χ0v) is 11.5. The number of nitrogens with one attached hydrogen (secondary N) is 2. The van der Waals surface area contributed by atoms with E-state index in [0.717, 1.165) is 18.5 Å². The Kier molecular flexibility index (Phi) is 3.48. The van der Waals surface area contributed by atoms with Crippen LogP contribution in [0.3, 0.4) is 0 Å². The molecule has 6 heteroatoms. The second-order valence-electron chi connectivity index (χ2n) is 5.63. The van der Waals surface area contributed by atoms with E-state index in [2.05, 4.69) is 10.6 Å². The lowest BCUT2D eigenvalue weighted by Crippen LogP contribution is -2.43. The van der Waals surface area contributed by atoms with Gasteiger partial charge in [-0.15, -0.1) is 0 Å². The minimum atomic E-state index is -0.389. The molecule has 2 aliphatic heterocycles. The molecule has 2 saturated heterocycles. The maximum absolute atomic E-state index is 10.9. The van der Waals surface area contributed by atoms with Crippen molar-refractivity contribution in [2.45, 2.75) is 43.8 Å². The maximum atomic E-state index is 10.9. The summed E-state index contributed by atoms with van der Waals surface area (Å²) in [6.07, 6.45) is 4.62. The summed E-state index contributed by atoms with van der Waals surface area (Å²) in [6, 6.07) is 6.39. The molecular weight excluding hydrogens is 258 g/mol. The average molecular weight is 277 g/mol. The first kappa shape index (κ1) is 13.2. The summed E-state index contributed by atoms with van der Waals surface area (Å²) in [5.41, 5.74) is 0.825. The summed E-state index contributed by atoms with van der Waals surface area (Å²) in [4.78, 5) is 10.6. The monoisotopic (exact) mass is 277 g/mol. The van der Waals surface area contributed by atoms with Gasteiger partial charge in [-0.3, -0.25) is 10.1 Å². The molecule has 0 saturated carbocycles. The number of benzene rings is 1. The van der Waals surface area contributed by atoms with Crippen LogP contribution in [-0.2, 0) is 0 Å². The van der Waals surface area contributed by atoms with Crippen LogP contribution >= 0.6 is 0 Å². The van der Waals surface area contributed by atoms with Gasteiger partial charge in [0.15, 0.2) is 0 Å². The van der Waals surface area contributed by atoms with Crippen molar-refractivity contribution < 1.29 is 9.66 Å². The van der Waals surface area contributed by atoms with Crippen molar-refractivity contribution in [1.82, 2.24) is 5.32 Å². The first-order chi connectivity index (χ1) is 9.64. The summed E-state index contributed by atoms with van der Waals surface area (Å²) >= 11 is 0. The van der Waals surface area contributed by atoms with Crippen LogP contribution in [0, 0.1) is 10.1 Å². The Morgan fingerprint density at radius 1 is 1.30 bits per heavy atom. The van der Waals surface area contributed by atoms with E-state index in [9.17, 15) is 10.1 Å². The van der Waals surface area contributed by atoms with Gasteiger partial charge in [0, 0.05) is 35.9 Å². The molecule has 108 valence electrons. The molecule has 2 N–H and O–H groups in total. The number of nitro groups is 1. The molecule has 2 bridgehead atoms. The number of piperidine rings is 1. The highest BCUT2D eigenvalue weighted by molar-refractivity contribution is 5.57. The molecule has 2 aliphatic rings. The molecule has 2 heterocycles. The molecule has 0 aliphatic carbocycles. The molecule has 0 radical (unpaired) electrons. The van der Waals surface area contributed by atoms with Gasteiger partial charge in [0.2, 0.25) is 0 Å². The number of anilines is 1. The topological polar surface area (TPSA) is 76.4 Å². The van der Waals surface area contributed by atoms with Crippen molar-refractivity contribution >= 4 is 11.4 Å². The largest absolute Gasteiger partial charge is 0.496 e. The second kappa shape index (κ2) is 5.28. The molecule has 2 unspecified atom stereocenters. The smallest absolute Gasteiger partial charge is 0.275 e. The zero-order chi connectivity index (χ0) is 14.1. The lowest BCUT2D eigenvalue weighted by atomic mass is 9.99. The van der Waals surface area contributed by atoms with Crippen molar-refractivity contribution in [3.8, 4) is 5.75 Å². The van der Waals surface area contributed by atoms with E-state index in [1.807, 2.05) is 6.07 Å². The number of fused-ring (bicyclic) bond motifs is 2. The van der Waals surface area contributed by atoms with Crippen LogP contribution in [0.2, 0.25) is 0 Å². The van der Waals surface area contributed by atoms with Gasteiger partial charge < -0.3 is 15.4 Å². The first-order valence-electron chi connectivity index (χ1n) is 7.00.